The van der Waals surface area contributed by atoms with Gasteiger partial charge in [-0.2, -0.15) is 0 Å². The van der Waals surface area contributed by atoms with E-state index in [0.717, 1.165) is 31.5 Å². The smallest absolute Gasteiger partial charge is 0.408 e. The van der Waals surface area contributed by atoms with Gasteiger partial charge in [0.05, 0.1) is 0 Å². The summed E-state index contributed by atoms with van der Waals surface area (Å²) in [6, 6.07) is 7.37. The number of aliphatic carboxylic acids is 1. The first-order valence-electron chi connectivity index (χ1n) is 10.8. The van der Waals surface area contributed by atoms with Gasteiger partial charge in [-0.1, -0.05) is 30.3 Å². The Labute approximate surface area is 184 Å². The molecule has 0 bridgehead atoms. The van der Waals surface area contributed by atoms with E-state index in [4.69, 9.17) is 4.74 Å². The minimum Gasteiger partial charge on any atom is -0.480 e. The number of hydrogen-bond donors (Lipinski definition) is 5. The van der Waals surface area contributed by atoms with E-state index in [-0.39, 0.29) is 6.61 Å². The fourth-order valence-corrected chi connectivity index (χ4v) is 3.01. The number of carboxylic acids is 1. The lowest BCUT2D eigenvalue weighted by molar-refractivity contribution is -0.142. The molecule has 0 aliphatic rings. The molecule has 0 heterocycles. The number of ether oxygens (including phenoxy) is 1. The highest BCUT2D eigenvalue weighted by Crippen LogP contribution is 2.07. The third-order valence-electron chi connectivity index (χ3n) is 4.78. The highest BCUT2D eigenvalue weighted by atomic mass is 16.5. The van der Waals surface area contributed by atoms with Crippen LogP contribution in [0.25, 0.3) is 0 Å². The predicted molar refractivity (Wildman–Crippen MR) is 119 cm³/mol. The van der Waals surface area contributed by atoms with Gasteiger partial charge in [-0.3, -0.25) is 4.79 Å². The van der Waals surface area contributed by atoms with Crippen LogP contribution in [-0.2, 0) is 20.9 Å². The van der Waals surface area contributed by atoms with Crippen LogP contribution in [0.1, 0.15) is 44.1 Å². The number of amides is 2. The van der Waals surface area contributed by atoms with E-state index in [2.05, 4.69) is 21.3 Å². The summed E-state index contributed by atoms with van der Waals surface area (Å²) in [5, 5.41) is 20.6. The van der Waals surface area contributed by atoms with Crippen molar-refractivity contribution in [1.82, 2.24) is 21.3 Å². The Morgan fingerprint density at radius 2 is 1.45 bits per heavy atom. The summed E-state index contributed by atoms with van der Waals surface area (Å²) in [7, 11) is 3.67. The molecule has 9 nitrogen and oxygen atoms in total. The van der Waals surface area contributed by atoms with Crippen molar-refractivity contribution in [3.63, 3.8) is 0 Å². The third kappa shape index (κ3) is 12.0. The van der Waals surface area contributed by atoms with Crippen LogP contribution < -0.4 is 21.3 Å². The lowest BCUT2D eigenvalue weighted by Crippen LogP contribution is -2.51. The number of carbonyl (C=O) groups excluding carboxylic acids is 2. The van der Waals surface area contributed by atoms with E-state index in [1.807, 2.05) is 44.4 Å². The predicted octanol–water partition coefficient (Wildman–Crippen LogP) is 1.63. The largest absolute Gasteiger partial charge is 0.480 e. The zero-order valence-corrected chi connectivity index (χ0v) is 18.5. The first-order valence-corrected chi connectivity index (χ1v) is 10.8. The summed E-state index contributed by atoms with van der Waals surface area (Å²) in [5.74, 6) is -1.60. The van der Waals surface area contributed by atoms with E-state index in [9.17, 15) is 19.5 Å². The summed E-state index contributed by atoms with van der Waals surface area (Å²) in [5.41, 5.74) is 0.834. The van der Waals surface area contributed by atoms with Gasteiger partial charge in [0.15, 0.2) is 0 Å². The quantitative estimate of drug-likeness (QED) is 0.249. The number of carbonyl (C=O) groups is 3. The number of hydrogen-bond acceptors (Lipinski definition) is 6. The van der Waals surface area contributed by atoms with Crippen molar-refractivity contribution in [3.05, 3.63) is 35.9 Å². The molecule has 0 fully saturated rings. The molecule has 0 saturated heterocycles. The van der Waals surface area contributed by atoms with Crippen molar-refractivity contribution < 1.29 is 24.2 Å². The van der Waals surface area contributed by atoms with Crippen molar-refractivity contribution >= 4 is 18.0 Å². The minimum atomic E-state index is -1.08. The summed E-state index contributed by atoms with van der Waals surface area (Å²) in [4.78, 5) is 36.5. The molecular formula is C22H36N4O5. The van der Waals surface area contributed by atoms with Crippen molar-refractivity contribution in [2.75, 3.05) is 27.2 Å². The van der Waals surface area contributed by atoms with Gasteiger partial charge >= 0.3 is 12.1 Å². The third-order valence-corrected chi connectivity index (χ3v) is 4.78. The lowest BCUT2D eigenvalue weighted by atomic mass is 10.1. The number of rotatable bonds is 16. The van der Waals surface area contributed by atoms with E-state index in [1.54, 1.807) is 0 Å². The molecule has 0 saturated carbocycles. The Kier molecular flexibility index (Phi) is 13.7. The molecule has 0 radical (unpaired) electrons. The number of benzene rings is 1. The first kappa shape index (κ1) is 26.4. The summed E-state index contributed by atoms with van der Waals surface area (Å²) >= 11 is 0. The van der Waals surface area contributed by atoms with Crippen LogP contribution in [-0.4, -0.2) is 62.3 Å². The first-order chi connectivity index (χ1) is 15.0. The van der Waals surface area contributed by atoms with E-state index in [1.165, 1.54) is 0 Å². The second-order valence-electron chi connectivity index (χ2n) is 7.36. The Bertz CT molecular complexity index is 657. The van der Waals surface area contributed by atoms with Crippen LogP contribution >= 0.6 is 0 Å². The standard InChI is InChI=1S/C22H36N4O5/c1-23-14-8-6-12-18(26-22(30)31-16-17-10-4-3-5-11-17)20(27)25-19(21(28)29)13-7-9-15-24-2/h3-5,10-11,18-19,23-24H,6-9,12-16H2,1-2H3,(H,25,27)(H,26,30)(H,28,29)/t18-,19-/m0/s1. The van der Waals surface area contributed by atoms with E-state index < -0.39 is 30.1 Å². The molecule has 31 heavy (non-hydrogen) atoms. The normalized spacial score (nSPS) is 12.6. The molecule has 0 spiro atoms. The molecule has 0 unspecified atom stereocenters. The van der Waals surface area contributed by atoms with Crippen molar-refractivity contribution in [3.8, 4) is 0 Å². The summed E-state index contributed by atoms with van der Waals surface area (Å²) in [6.45, 7) is 1.66. The van der Waals surface area contributed by atoms with E-state index >= 15 is 0 Å². The minimum absolute atomic E-state index is 0.0873. The van der Waals surface area contributed by atoms with Crippen LogP contribution in [0.3, 0.4) is 0 Å². The van der Waals surface area contributed by atoms with Gasteiger partial charge < -0.3 is 31.1 Å². The zero-order valence-electron chi connectivity index (χ0n) is 18.5. The number of alkyl carbamates (subject to hydrolysis) is 1. The second kappa shape index (κ2) is 16.1. The Morgan fingerprint density at radius 3 is 2.00 bits per heavy atom. The van der Waals surface area contributed by atoms with Gasteiger partial charge in [0.1, 0.15) is 18.7 Å². The Balaban J connectivity index is 2.64. The van der Waals surface area contributed by atoms with Crippen molar-refractivity contribution in [2.45, 2.75) is 57.2 Å². The SMILES string of the molecule is CNCCCC[C@H](NC(=O)[C@H](CCCCNC)NC(=O)OCc1ccccc1)C(=O)O. The topological polar surface area (TPSA) is 129 Å². The van der Waals surface area contributed by atoms with Crippen LogP contribution in [0.5, 0.6) is 0 Å². The maximum atomic E-state index is 12.7. The van der Waals surface area contributed by atoms with Crippen LogP contribution in [0.15, 0.2) is 30.3 Å². The molecular weight excluding hydrogens is 400 g/mol. The maximum Gasteiger partial charge on any atom is 0.408 e. The zero-order chi connectivity index (χ0) is 22.9. The second-order valence-corrected chi connectivity index (χ2v) is 7.36. The summed E-state index contributed by atoms with van der Waals surface area (Å²) < 4.78 is 5.21. The molecule has 9 heteroatoms. The van der Waals surface area contributed by atoms with Gasteiger partial charge in [-0.05, 0) is 71.3 Å². The highest BCUT2D eigenvalue weighted by Gasteiger charge is 2.26. The van der Waals surface area contributed by atoms with Crippen molar-refractivity contribution in [2.24, 2.45) is 0 Å². The molecule has 0 aliphatic carbocycles. The molecule has 5 N–H and O–H groups in total. The number of carboxylic acid groups (broad SMARTS) is 1. The summed E-state index contributed by atoms with van der Waals surface area (Å²) in [6.07, 6.45) is 3.00. The fraction of sp³-hybridized carbons (Fsp3) is 0.591. The molecule has 1 rings (SSSR count). The van der Waals surface area contributed by atoms with Gasteiger partial charge in [-0.15, -0.1) is 0 Å². The van der Waals surface area contributed by atoms with Gasteiger partial charge in [0.2, 0.25) is 5.91 Å². The van der Waals surface area contributed by atoms with Gasteiger partial charge in [0.25, 0.3) is 0 Å². The average molecular weight is 437 g/mol. The molecule has 2 amide bonds. The monoisotopic (exact) mass is 436 g/mol. The van der Waals surface area contributed by atoms with Gasteiger partial charge in [0, 0.05) is 0 Å². The van der Waals surface area contributed by atoms with Crippen LogP contribution in [0, 0.1) is 0 Å². The molecule has 1 aromatic carbocycles. The lowest BCUT2D eigenvalue weighted by Gasteiger charge is -2.21. The van der Waals surface area contributed by atoms with Crippen molar-refractivity contribution in [1.29, 1.82) is 0 Å². The van der Waals surface area contributed by atoms with Crippen LogP contribution in [0.4, 0.5) is 4.79 Å². The number of unbranched alkanes of at least 4 members (excludes halogenated alkanes) is 2. The Hall–Kier alpha value is -2.65. The molecule has 1 aromatic rings. The molecule has 0 aliphatic heterocycles. The molecule has 0 aromatic heterocycles. The molecule has 2 atom stereocenters. The molecule has 174 valence electrons. The average Bonchev–Trinajstić information content (AvgIpc) is 2.77. The maximum absolute atomic E-state index is 12.7. The Morgan fingerprint density at radius 1 is 0.871 bits per heavy atom. The number of nitrogens with one attached hydrogen (secondary N) is 4. The van der Waals surface area contributed by atoms with E-state index in [0.29, 0.717) is 25.7 Å². The van der Waals surface area contributed by atoms with Gasteiger partial charge in [-0.25, -0.2) is 9.59 Å². The highest BCUT2D eigenvalue weighted by molar-refractivity contribution is 5.89. The fourth-order valence-electron chi connectivity index (χ4n) is 3.01. The van der Waals surface area contributed by atoms with Crippen LogP contribution in [0.2, 0.25) is 0 Å².